The van der Waals surface area contributed by atoms with Crippen LogP contribution in [0.15, 0.2) is 60.7 Å². The Morgan fingerprint density at radius 1 is 0.611 bits per heavy atom. The first kappa shape index (κ1) is 14.4. The molecule has 0 unspecified atom stereocenters. The standard InChI is InChI=1S/2C7H5ClO/c2*8-7(9)6-4-2-1-3-5-6/h2*1-5H. The van der Waals surface area contributed by atoms with Gasteiger partial charge in [-0.3, -0.25) is 9.59 Å². The summed E-state index contributed by atoms with van der Waals surface area (Å²) < 4.78 is 0. The summed E-state index contributed by atoms with van der Waals surface area (Å²) >= 11 is 10.3. The maximum Gasteiger partial charge on any atom is 0.252 e. The molecule has 0 spiro atoms. The summed E-state index contributed by atoms with van der Waals surface area (Å²) in [5.74, 6) is 0. The van der Waals surface area contributed by atoms with E-state index in [1.807, 2.05) is 12.1 Å². The summed E-state index contributed by atoms with van der Waals surface area (Å²) in [5.41, 5.74) is 1.08. The van der Waals surface area contributed by atoms with Crippen molar-refractivity contribution in [3.05, 3.63) is 71.8 Å². The molecule has 0 heterocycles. The van der Waals surface area contributed by atoms with E-state index in [0.717, 1.165) is 0 Å². The lowest BCUT2D eigenvalue weighted by Gasteiger charge is -1.87. The van der Waals surface area contributed by atoms with E-state index < -0.39 is 10.5 Å². The summed E-state index contributed by atoms with van der Waals surface area (Å²) in [7, 11) is 0. The van der Waals surface area contributed by atoms with Crippen LogP contribution in [0.1, 0.15) is 20.7 Å². The Labute approximate surface area is 115 Å². The van der Waals surface area contributed by atoms with Gasteiger partial charge in [-0.05, 0) is 23.2 Å². The van der Waals surface area contributed by atoms with Crippen molar-refractivity contribution in [3.8, 4) is 0 Å². The van der Waals surface area contributed by atoms with Gasteiger partial charge in [0.15, 0.2) is 0 Å². The highest BCUT2D eigenvalue weighted by molar-refractivity contribution is 6.68. The third-order valence-corrected chi connectivity index (χ3v) is 2.44. The highest BCUT2D eigenvalue weighted by Crippen LogP contribution is 2.01. The minimum Gasteiger partial charge on any atom is -0.276 e. The summed E-state index contributed by atoms with van der Waals surface area (Å²) in [4.78, 5) is 20.8. The van der Waals surface area contributed by atoms with Gasteiger partial charge in [0.05, 0.1) is 0 Å². The van der Waals surface area contributed by atoms with Gasteiger partial charge in [-0.15, -0.1) is 0 Å². The highest BCUT2D eigenvalue weighted by Gasteiger charge is 1.96. The molecule has 0 saturated carbocycles. The van der Waals surface area contributed by atoms with Crippen LogP contribution in [-0.4, -0.2) is 10.5 Å². The van der Waals surface area contributed by atoms with Crippen LogP contribution in [0.25, 0.3) is 0 Å². The molecule has 2 rings (SSSR count). The summed E-state index contributed by atoms with van der Waals surface area (Å²) in [6.45, 7) is 0. The summed E-state index contributed by atoms with van der Waals surface area (Å²) in [6.07, 6.45) is 0. The third-order valence-electron chi connectivity index (χ3n) is 2.00. The summed E-state index contributed by atoms with van der Waals surface area (Å²) in [6, 6.07) is 17.5. The Balaban J connectivity index is 0.000000180. The molecule has 92 valence electrons. The van der Waals surface area contributed by atoms with Crippen molar-refractivity contribution >= 4 is 33.7 Å². The molecule has 0 fully saturated rings. The molecule has 0 aliphatic heterocycles. The van der Waals surface area contributed by atoms with E-state index in [1.54, 1.807) is 48.5 Å². The van der Waals surface area contributed by atoms with Gasteiger partial charge in [0.2, 0.25) is 0 Å². The van der Waals surface area contributed by atoms with Crippen LogP contribution in [0.5, 0.6) is 0 Å². The van der Waals surface area contributed by atoms with E-state index in [0.29, 0.717) is 11.1 Å². The van der Waals surface area contributed by atoms with Crippen LogP contribution < -0.4 is 0 Å². The average Bonchev–Trinajstić information content (AvgIpc) is 2.41. The molecule has 0 N–H and O–H groups in total. The highest BCUT2D eigenvalue weighted by atomic mass is 35.5. The maximum absolute atomic E-state index is 10.4. The van der Waals surface area contributed by atoms with Crippen LogP contribution in [0.3, 0.4) is 0 Å². The van der Waals surface area contributed by atoms with Gasteiger partial charge in [0.25, 0.3) is 10.5 Å². The van der Waals surface area contributed by atoms with E-state index in [2.05, 4.69) is 0 Å². The van der Waals surface area contributed by atoms with Gasteiger partial charge < -0.3 is 0 Å². The van der Waals surface area contributed by atoms with Crippen molar-refractivity contribution in [3.63, 3.8) is 0 Å². The second-order valence-corrected chi connectivity index (χ2v) is 3.97. The molecule has 0 saturated heterocycles. The fourth-order valence-electron chi connectivity index (χ4n) is 1.14. The molecule has 0 bridgehead atoms. The van der Waals surface area contributed by atoms with E-state index in [-0.39, 0.29) is 0 Å². The first-order chi connectivity index (χ1) is 8.61. The van der Waals surface area contributed by atoms with Gasteiger partial charge in [-0.2, -0.15) is 0 Å². The first-order valence-electron chi connectivity index (χ1n) is 5.11. The first-order valence-corrected chi connectivity index (χ1v) is 5.86. The topological polar surface area (TPSA) is 34.1 Å². The number of carbonyl (C=O) groups is 2. The molecule has 0 amide bonds. The van der Waals surface area contributed by atoms with Gasteiger partial charge in [0.1, 0.15) is 0 Å². The molecule has 2 aromatic rings. The maximum atomic E-state index is 10.4. The van der Waals surface area contributed by atoms with Crippen LogP contribution in [0.2, 0.25) is 0 Å². The van der Waals surface area contributed by atoms with Crippen molar-refractivity contribution in [2.45, 2.75) is 0 Å². The smallest absolute Gasteiger partial charge is 0.252 e. The van der Waals surface area contributed by atoms with Crippen molar-refractivity contribution in [1.82, 2.24) is 0 Å². The van der Waals surface area contributed by atoms with Crippen molar-refractivity contribution in [1.29, 1.82) is 0 Å². The average molecular weight is 281 g/mol. The normalized spacial score (nSPS) is 9.00. The van der Waals surface area contributed by atoms with E-state index in [1.165, 1.54) is 0 Å². The lowest BCUT2D eigenvalue weighted by atomic mass is 10.2. The predicted molar refractivity (Wildman–Crippen MR) is 73.3 cm³/mol. The Morgan fingerprint density at radius 3 is 1.06 bits per heavy atom. The second-order valence-electron chi connectivity index (χ2n) is 3.28. The molecule has 0 atom stereocenters. The zero-order valence-corrected chi connectivity index (χ0v) is 10.9. The molecule has 0 radical (unpaired) electrons. The van der Waals surface area contributed by atoms with Crippen LogP contribution >= 0.6 is 23.2 Å². The van der Waals surface area contributed by atoms with E-state index >= 15 is 0 Å². The molecule has 0 aliphatic carbocycles. The van der Waals surface area contributed by atoms with E-state index in [9.17, 15) is 9.59 Å². The zero-order chi connectivity index (χ0) is 13.4. The molecule has 2 nitrogen and oxygen atoms in total. The molecule has 0 aromatic heterocycles. The van der Waals surface area contributed by atoms with Gasteiger partial charge >= 0.3 is 0 Å². The Morgan fingerprint density at radius 2 is 0.889 bits per heavy atom. The van der Waals surface area contributed by atoms with Crippen molar-refractivity contribution in [2.75, 3.05) is 0 Å². The molecule has 18 heavy (non-hydrogen) atoms. The molecular weight excluding hydrogens is 271 g/mol. The van der Waals surface area contributed by atoms with Crippen LogP contribution in [-0.2, 0) is 0 Å². The minimum atomic E-state index is -0.407. The monoisotopic (exact) mass is 280 g/mol. The van der Waals surface area contributed by atoms with Crippen molar-refractivity contribution < 1.29 is 9.59 Å². The number of carbonyl (C=O) groups excluding carboxylic acids is 2. The van der Waals surface area contributed by atoms with Crippen LogP contribution in [0.4, 0.5) is 0 Å². The van der Waals surface area contributed by atoms with E-state index in [4.69, 9.17) is 23.2 Å². The largest absolute Gasteiger partial charge is 0.276 e. The number of rotatable bonds is 2. The Kier molecular flexibility index (Phi) is 6.12. The zero-order valence-electron chi connectivity index (χ0n) is 9.35. The number of hydrogen-bond donors (Lipinski definition) is 0. The van der Waals surface area contributed by atoms with Gasteiger partial charge in [-0.1, -0.05) is 60.7 Å². The number of benzene rings is 2. The SMILES string of the molecule is O=C(Cl)c1ccccc1.O=C(Cl)c1ccccc1. The Bertz CT molecular complexity index is 460. The van der Waals surface area contributed by atoms with Gasteiger partial charge in [-0.25, -0.2) is 0 Å². The lowest BCUT2D eigenvalue weighted by Crippen LogP contribution is -1.84. The quantitative estimate of drug-likeness (QED) is 0.775. The Hall–Kier alpha value is -1.64. The number of halogens is 2. The fourth-order valence-corrected chi connectivity index (χ4v) is 1.39. The second kappa shape index (κ2) is 7.64. The number of hydrogen-bond acceptors (Lipinski definition) is 2. The molecule has 0 aliphatic rings. The fraction of sp³-hybridized carbons (Fsp3) is 0. The summed E-state index contributed by atoms with van der Waals surface area (Å²) in [5, 5.41) is -0.814. The van der Waals surface area contributed by atoms with Crippen molar-refractivity contribution in [2.24, 2.45) is 0 Å². The molecule has 4 heteroatoms. The third kappa shape index (κ3) is 5.13. The lowest BCUT2D eigenvalue weighted by molar-refractivity contribution is 0.107. The minimum absolute atomic E-state index is 0.407. The molecule has 2 aromatic carbocycles. The predicted octanol–water partition coefficient (Wildman–Crippen LogP) is 4.13. The van der Waals surface area contributed by atoms with Crippen LogP contribution in [0, 0.1) is 0 Å². The van der Waals surface area contributed by atoms with Gasteiger partial charge in [0, 0.05) is 11.1 Å². The molecular formula is C14H10Cl2O2.